The average molecular weight is 476 g/mol. The fraction of sp³-hybridized carbons (Fsp3) is 0.423. The highest BCUT2D eigenvalue weighted by Crippen LogP contribution is 2.25. The largest absolute Gasteiger partial charge is 0.395 e. The summed E-state index contributed by atoms with van der Waals surface area (Å²) in [5.41, 5.74) is 3.65. The molecule has 5 N–H and O–H groups in total. The van der Waals surface area contributed by atoms with Gasteiger partial charge in [-0.3, -0.25) is 4.98 Å². The molecule has 9 heteroatoms. The van der Waals surface area contributed by atoms with Crippen LogP contribution in [0.4, 0.5) is 11.6 Å². The minimum Gasteiger partial charge on any atom is -0.395 e. The molecule has 1 saturated heterocycles. The second-order valence-electron chi connectivity index (χ2n) is 9.65. The standard InChI is InChI=1S/C26H34N8O/c1-26(2,18-35)21-13-25(33-30-17-21)32-24-7-6-22-23(31-24)12-19(16-29-22)20(14-27)15-28-8-5-11-34-9-3-4-10-34/h6-7,12-17,27-28,35H,3-5,8-11,18H2,1-2H3,(H,31,32,33)/p+1/b20-15+,27-14?. The lowest BCUT2D eigenvalue weighted by molar-refractivity contribution is -0.587. The fourth-order valence-corrected chi connectivity index (χ4v) is 4.13. The Hall–Kier alpha value is -3.27. The predicted molar refractivity (Wildman–Crippen MR) is 139 cm³/mol. The third kappa shape index (κ3) is 6.45. The van der Waals surface area contributed by atoms with Crippen LogP contribution in [-0.4, -0.2) is 69.2 Å². The molecule has 1 fully saturated rings. The van der Waals surface area contributed by atoms with Gasteiger partial charge in [0.15, 0.2) is 5.82 Å². The first kappa shape index (κ1) is 24.8. The minimum absolute atomic E-state index is 0.0134. The van der Waals surface area contributed by atoms with Crippen LogP contribution in [-0.2, 0) is 5.41 Å². The van der Waals surface area contributed by atoms with Crippen molar-refractivity contribution in [3.8, 4) is 0 Å². The lowest BCUT2D eigenvalue weighted by Gasteiger charge is -2.21. The van der Waals surface area contributed by atoms with Crippen LogP contribution in [0.1, 0.15) is 44.2 Å². The second kappa shape index (κ2) is 11.4. The van der Waals surface area contributed by atoms with E-state index in [0.717, 1.165) is 47.2 Å². The van der Waals surface area contributed by atoms with Gasteiger partial charge < -0.3 is 26.0 Å². The van der Waals surface area contributed by atoms with Crippen molar-refractivity contribution in [3.63, 3.8) is 0 Å². The Bertz CT molecular complexity index is 1190. The predicted octanol–water partition coefficient (Wildman–Crippen LogP) is 2.47. The van der Waals surface area contributed by atoms with E-state index in [0.29, 0.717) is 11.6 Å². The Morgan fingerprint density at radius 2 is 2.00 bits per heavy atom. The van der Waals surface area contributed by atoms with E-state index < -0.39 is 5.41 Å². The number of rotatable bonds is 11. The van der Waals surface area contributed by atoms with Crippen molar-refractivity contribution in [1.82, 2.24) is 25.1 Å². The summed E-state index contributed by atoms with van der Waals surface area (Å²) in [6.07, 6.45) is 10.6. The normalized spacial score (nSPS) is 15.0. The molecule has 3 aromatic heterocycles. The molecule has 184 valence electrons. The number of hydrogen-bond acceptors (Lipinski definition) is 8. The van der Waals surface area contributed by atoms with Crippen molar-refractivity contribution in [1.29, 1.82) is 5.41 Å². The minimum atomic E-state index is -0.414. The lowest BCUT2D eigenvalue weighted by atomic mass is 9.87. The van der Waals surface area contributed by atoms with Gasteiger partial charge in [0.2, 0.25) is 0 Å². The Labute approximate surface area is 206 Å². The maximum Gasteiger partial charge on any atom is 0.154 e. The van der Waals surface area contributed by atoms with Gasteiger partial charge in [0.1, 0.15) is 12.0 Å². The molecule has 1 aliphatic heterocycles. The van der Waals surface area contributed by atoms with Gasteiger partial charge in [-0.15, -0.1) is 5.10 Å². The number of aromatic nitrogens is 4. The third-order valence-electron chi connectivity index (χ3n) is 6.45. The van der Waals surface area contributed by atoms with Crippen molar-refractivity contribution in [2.45, 2.75) is 38.5 Å². The Morgan fingerprint density at radius 1 is 1.17 bits per heavy atom. The number of aliphatic hydroxyl groups excluding tert-OH is 1. The maximum absolute atomic E-state index is 9.65. The van der Waals surface area contributed by atoms with Crippen molar-refractivity contribution < 1.29 is 10.4 Å². The molecule has 1 aliphatic rings. The molecule has 0 spiro atoms. The van der Waals surface area contributed by atoms with Gasteiger partial charge in [0.05, 0.1) is 36.0 Å². The summed E-state index contributed by atoms with van der Waals surface area (Å²) in [5, 5.41) is 31.1. The molecule has 0 amide bonds. The van der Waals surface area contributed by atoms with Crippen LogP contribution in [0.15, 0.2) is 42.9 Å². The molecule has 0 bridgehead atoms. The summed E-state index contributed by atoms with van der Waals surface area (Å²) in [7, 11) is 0. The average Bonchev–Trinajstić information content (AvgIpc) is 3.39. The van der Waals surface area contributed by atoms with E-state index in [1.807, 2.05) is 44.3 Å². The molecule has 0 unspecified atom stereocenters. The van der Waals surface area contributed by atoms with Crippen molar-refractivity contribution in [2.24, 2.45) is 0 Å². The molecule has 0 aliphatic carbocycles. The van der Waals surface area contributed by atoms with E-state index in [1.54, 1.807) is 12.4 Å². The number of nitrogens with one attached hydrogen (secondary N) is 2. The molecule has 0 aromatic carbocycles. The molecule has 9 nitrogen and oxygen atoms in total. The number of likely N-dealkylation sites (tertiary alicyclic amines) is 1. The third-order valence-corrected chi connectivity index (χ3v) is 6.45. The summed E-state index contributed by atoms with van der Waals surface area (Å²) in [6, 6.07) is 7.59. The van der Waals surface area contributed by atoms with Crippen LogP contribution < -0.4 is 10.6 Å². The monoisotopic (exact) mass is 475 g/mol. The van der Waals surface area contributed by atoms with Crippen LogP contribution in [0.2, 0.25) is 0 Å². The number of nitrogens with zero attached hydrogens (tertiary/aromatic N) is 5. The van der Waals surface area contributed by atoms with E-state index in [2.05, 4.69) is 30.7 Å². The SMILES string of the molecule is CC(C)(CO)c1cnnc(Nc2ccc3ncc(/C(C=N)=C/[NH2+]CCCN4CCCC4)cc3n2)c1. The van der Waals surface area contributed by atoms with Gasteiger partial charge in [-0.1, -0.05) is 13.8 Å². The number of anilines is 2. The summed E-state index contributed by atoms with van der Waals surface area (Å²) in [6.45, 7) is 8.52. The number of pyridine rings is 2. The Balaban J connectivity index is 1.45. The number of hydrogen-bond donors (Lipinski definition) is 4. The van der Waals surface area contributed by atoms with Crippen molar-refractivity contribution in [2.75, 3.05) is 38.1 Å². The lowest BCUT2D eigenvalue weighted by Crippen LogP contribution is -2.78. The number of aliphatic hydroxyl groups is 1. The van der Waals surface area contributed by atoms with E-state index in [1.165, 1.54) is 32.1 Å². The van der Waals surface area contributed by atoms with Crippen LogP contribution in [0.25, 0.3) is 16.6 Å². The highest BCUT2D eigenvalue weighted by molar-refractivity contribution is 6.08. The summed E-state index contributed by atoms with van der Waals surface area (Å²) >= 11 is 0. The first-order valence-electron chi connectivity index (χ1n) is 12.2. The van der Waals surface area contributed by atoms with Gasteiger partial charge in [-0.05, 0) is 55.8 Å². The summed E-state index contributed by atoms with van der Waals surface area (Å²) in [4.78, 5) is 11.8. The first-order valence-corrected chi connectivity index (χ1v) is 12.2. The van der Waals surface area contributed by atoms with Gasteiger partial charge in [0, 0.05) is 36.4 Å². The number of allylic oxidation sites excluding steroid dienone is 1. The molecule has 0 saturated carbocycles. The van der Waals surface area contributed by atoms with Crippen molar-refractivity contribution in [3.05, 3.63) is 54.0 Å². The maximum atomic E-state index is 9.65. The van der Waals surface area contributed by atoms with Crippen LogP contribution in [0.3, 0.4) is 0 Å². The highest BCUT2D eigenvalue weighted by Gasteiger charge is 2.20. The molecule has 0 atom stereocenters. The Kier molecular flexibility index (Phi) is 8.12. The van der Waals surface area contributed by atoms with Crippen LogP contribution in [0, 0.1) is 5.41 Å². The van der Waals surface area contributed by atoms with E-state index in [9.17, 15) is 5.11 Å². The molecule has 35 heavy (non-hydrogen) atoms. The molecular formula is C26H35N8O+. The quantitative estimate of drug-likeness (QED) is 0.248. The van der Waals surface area contributed by atoms with E-state index in [4.69, 9.17) is 10.4 Å². The highest BCUT2D eigenvalue weighted by atomic mass is 16.3. The van der Waals surface area contributed by atoms with Gasteiger partial charge in [-0.2, -0.15) is 5.10 Å². The number of nitrogens with two attached hydrogens (primary N) is 1. The van der Waals surface area contributed by atoms with E-state index >= 15 is 0 Å². The summed E-state index contributed by atoms with van der Waals surface area (Å²) in [5.74, 6) is 1.18. The molecular weight excluding hydrogens is 440 g/mol. The van der Waals surface area contributed by atoms with Gasteiger partial charge >= 0.3 is 0 Å². The number of fused-ring (bicyclic) bond motifs is 1. The first-order chi connectivity index (χ1) is 17.0. The smallest absolute Gasteiger partial charge is 0.154 e. The van der Waals surface area contributed by atoms with Crippen LogP contribution >= 0.6 is 0 Å². The second-order valence-corrected chi connectivity index (χ2v) is 9.65. The van der Waals surface area contributed by atoms with Crippen molar-refractivity contribution >= 4 is 34.5 Å². The zero-order chi connectivity index (χ0) is 24.7. The summed E-state index contributed by atoms with van der Waals surface area (Å²) < 4.78 is 0. The molecule has 3 aromatic rings. The topological polar surface area (TPSA) is 128 Å². The Morgan fingerprint density at radius 3 is 2.77 bits per heavy atom. The zero-order valence-corrected chi connectivity index (χ0v) is 20.5. The van der Waals surface area contributed by atoms with Gasteiger partial charge in [0.25, 0.3) is 0 Å². The van der Waals surface area contributed by atoms with Crippen LogP contribution in [0.5, 0.6) is 0 Å². The van der Waals surface area contributed by atoms with E-state index in [-0.39, 0.29) is 6.61 Å². The number of quaternary nitrogens is 1. The molecule has 4 rings (SSSR count). The van der Waals surface area contributed by atoms with Gasteiger partial charge in [-0.25, -0.2) is 4.98 Å². The molecule has 4 heterocycles. The molecule has 0 radical (unpaired) electrons. The fourth-order valence-electron chi connectivity index (χ4n) is 4.13. The zero-order valence-electron chi connectivity index (χ0n) is 20.5.